The molecule has 1 amide bonds. The van der Waals surface area contributed by atoms with Crippen molar-refractivity contribution in [2.75, 3.05) is 40.9 Å². The van der Waals surface area contributed by atoms with E-state index >= 15 is 0 Å². The van der Waals surface area contributed by atoms with Crippen LogP contribution in [0.3, 0.4) is 0 Å². The van der Waals surface area contributed by atoms with Crippen molar-refractivity contribution in [1.82, 2.24) is 5.32 Å². The number of aliphatic hydroxyl groups is 1. The third-order valence-corrected chi connectivity index (χ3v) is 16.6. The van der Waals surface area contributed by atoms with E-state index in [1.165, 1.54) is 276 Å². The lowest BCUT2D eigenvalue weighted by atomic mass is 10.0. The number of carbonyl (C=O) groups excluding carboxylic acids is 1. The minimum Gasteiger partial charge on any atom is -0.387 e. The van der Waals surface area contributed by atoms with Gasteiger partial charge < -0.3 is 19.8 Å². The van der Waals surface area contributed by atoms with Crippen molar-refractivity contribution in [2.45, 2.75) is 353 Å². The number of phosphoric acid groups is 1. The SMILES string of the molecule is CCCCCCCC/C=C/CC/C=C/CC/C=C/C(O)C(COP(=O)(O)OCC[N+](C)(C)C)NC(=O)CCCCCCCCCCCCCCCCCCCCCCCCCCCCCCCCCCCCCCCCC. The third kappa shape index (κ3) is 62.2. The van der Waals surface area contributed by atoms with E-state index in [1.807, 2.05) is 27.2 Å². The standard InChI is InChI=1S/C68H133N2O6P/c1-6-8-10-12-14-16-18-20-22-24-25-26-27-28-29-30-31-32-33-34-35-36-37-38-39-40-41-42-43-44-45-46-48-50-52-54-56-58-60-62-68(72)69-66(65-76-77(73,74)75-64-63-70(3,4)5)67(71)61-59-57-55-53-51-49-47-23-21-19-17-15-13-11-9-7-2/h21,23,51,53,59,61,66-67,71H,6-20,22,24-50,52,54-58,60,62-65H2,1-5H3,(H-,69,72,73,74)/p+1/b23-21+,53-51+,61-59+. The normalized spacial score (nSPS) is 13.9. The molecule has 8 nitrogen and oxygen atoms in total. The lowest BCUT2D eigenvalue weighted by Gasteiger charge is -2.25. The number of amides is 1. The number of hydrogen-bond acceptors (Lipinski definition) is 5. The number of phosphoric ester groups is 1. The maximum Gasteiger partial charge on any atom is 0.472 e. The lowest BCUT2D eigenvalue weighted by molar-refractivity contribution is -0.870. The highest BCUT2D eigenvalue weighted by Gasteiger charge is 2.28. The molecule has 0 aliphatic rings. The van der Waals surface area contributed by atoms with E-state index in [0.29, 0.717) is 17.4 Å². The van der Waals surface area contributed by atoms with Gasteiger partial charge in [0.2, 0.25) is 5.91 Å². The molecule has 0 heterocycles. The summed E-state index contributed by atoms with van der Waals surface area (Å²) in [5.74, 6) is -0.185. The second-order valence-electron chi connectivity index (χ2n) is 24.5. The van der Waals surface area contributed by atoms with Gasteiger partial charge in [-0.3, -0.25) is 13.8 Å². The smallest absolute Gasteiger partial charge is 0.387 e. The molecule has 0 rings (SSSR count). The fourth-order valence-corrected chi connectivity index (χ4v) is 11.1. The number of rotatable bonds is 63. The number of aliphatic hydroxyl groups excluding tert-OH is 1. The predicted molar refractivity (Wildman–Crippen MR) is 337 cm³/mol. The molecule has 3 N–H and O–H groups in total. The molecule has 9 heteroatoms. The molecule has 0 saturated carbocycles. The first-order valence-electron chi connectivity index (χ1n) is 33.9. The number of carbonyl (C=O) groups is 1. The number of nitrogens with one attached hydrogen (secondary N) is 1. The van der Waals surface area contributed by atoms with Crippen LogP contribution in [-0.4, -0.2) is 73.4 Å². The van der Waals surface area contributed by atoms with E-state index in [9.17, 15) is 19.4 Å². The van der Waals surface area contributed by atoms with Gasteiger partial charge in [-0.2, -0.15) is 0 Å². The predicted octanol–water partition coefficient (Wildman–Crippen LogP) is 21.3. The van der Waals surface area contributed by atoms with Crippen LogP contribution in [-0.2, 0) is 18.4 Å². The van der Waals surface area contributed by atoms with Gasteiger partial charge >= 0.3 is 7.82 Å². The lowest BCUT2D eigenvalue weighted by Crippen LogP contribution is -2.45. The Balaban J connectivity index is 3.90. The van der Waals surface area contributed by atoms with Gasteiger partial charge in [0, 0.05) is 6.42 Å². The van der Waals surface area contributed by atoms with Crippen molar-refractivity contribution in [3.05, 3.63) is 36.5 Å². The van der Waals surface area contributed by atoms with Crippen LogP contribution < -0.4 is 5.32 Å². The quantitative estimate of drug-likeness (QED) is 0.0243. The van der Waals surface area contributed by atoms with Crippen LogP contribution in [0.4, 0.5) is 0 Å². The molecule has 0 aliphatic heterocycles. The van der Waals surface area contributed by atoms with E-state index in [4.69, 9.17) is 9.05 Å². The zero-order valence-electron chi connectivity index (χ0n) is 52.2. The van der Waals surface area contributed by atoms with Gasteiger partial charge in [-0.05, 0) is 44.9 Å². The van der Waals surface area contributed by atoms with E-state index < -0.39 is 20.0 Å². The molecule has 0 bridgehead atoms. The second-order valence-corrected chi connectivity index (χ2v) is 26.0. The van der Waals surface area contributed by atoms with Crippen LogP contribution in [0.2, 0.25) is 0 Å². The number of quaternary nitrogens is 1. The Morgan fingerprint density at radius 3 is 1.04 bits per heavy atom. The van der Waals surface area contributed by atoms with Crippen LogP contribution in [0.1, 0.15) is 341 Å². The van der Waals surface area contributed by atoms with Gasteiger partial charge in [0.15, 0.2) is 0 Å². The summed E-state index contributed by atoms with van der Waals surface area (Å²) in [4.78, 5) is 23.3. The van der Waals surface area contributed by atoms with E-state index in [1.54, 1.807) is 6.08 Å². The van der Waals surface area contributed by atoms with Crippen molar-refractivity contribution < 1.29 is 32.9 Å². The zero-order valence-corrected chi connectivity index (χ0v) is 53.1. The molecule has 0 fully saturated rings. The molecule has 0 spiro atoms. The highest BCUT2D eigenvalue weighted by atomic mass is 31.2. The fraction of sp³-hybridized carbons (Fsp3) is 0.897. The minimum atomic E-state index is -4.36. The molecule has 0 radical (unpaired) electrons. The van der Waals surface area contributed by atoms with E-state index in [0.717, 1.165) is 44.9 Å². The molecule has 3 unspecified atom stereocenters. The number of allylic oxidation sites excluding steroid dienone is 5. The molecular formula is C68H134N2O6P+. The molecule has 0 aromatic rings. The summed E-state index contributed by atoms with van der Waals surface area (Å²) in [6.07, 6.45) is 78.9. The van der Waals surface area contributed by atoms with Crippen LogP contribution in [0.15, 0.2) is 36.5 Å². The Hall–Kier alpha value is -1.28. The Labute approximate surface area is 480 Å². The first-order valence-corrected chi connectivity index (χ1v) is 35.4. The monoisotopic (exact) mass is 1110 g/mol. The van der Waals surface area contributed by atoms with Gasteiger partial charge in [-0.1, -0.05) is 326 Å². The highest BCUT2D eigenvalue weighted by molar-refractivity contribution is 7.47. The minimum absolute atomic E-state index is 0.0551. The summed E-state index contributed by atoms with van der Waals surface area (Å²) in [5, 5.41) is 13.9. The topological polar surface area (TPSA) is 105 Å². The van der Waals surface area contributed by atoms with Gasteiger partial charge in [-0.15, -0.1) is 0 Å². The van der Waals surface area contributed by atoms with Crippen molar-refractivity contribution in [3.63, 3.8) is 0 Å². The van der Waals surface area contributed by atoms with E-state index in [2.05, 4.69) is 43.5 Å². The summed E-state index contributed by atoms with van der Waals surface area (Å²) in [6, 6.07) is -0.868. The Bertz CT molecular complexity index is 1350. The summed E-state index contributed by atoms with van der Waals surface area (Å²) >= 11 is 0. The second kappa shape index (κ2) is 59.3. The fourth-order valence-electron chi connectivity index (χ4n) is 10.3. The number of hydrogen-bond donors (Lipinski definition) is 3. The van der Waals surface area contributed by atoms with Crippen LogP contribution in [0, 0.1) is 0 Å². The number of unbranched alkanes of at least 4 members (excludes halogenated alkanes) is 46. The largest absolute Gasteiger partial charge is 0.472 e. The van der Waals surface area contributed by atoms with Gasteiger partial charge in [0.05, 0.1) is 39.9 Å². The Morgan fingerprint density at radius 2 is 0.714 bits per heavy atom. The van der Waals surface area contributed by atoms with Crippen LogP contribution in [0.25, 0.3) is 0 Å². The third-order valence-electron chi connectivity index (χ3n) is 15.6. The highest BCUT2D eigenvalue weighted by Crippen LogP contribution is 2.43. The molecule has 456 valence electrons. The maximum atomic E-state index is 13.0. The summed E-state index contributed by atoms with van der Waals surface area (Å²) < 4.78 is 23.7. The van der Waals surface area contributed by atoms with Crippen molar-refractivity contribution in [1.29, 1.82) is 0 Å². The first-order chi connectivity index (χ1) is 37.5. The van der Waals surface area contributed by atoms with Crippen molar-refractivity contribution in [3.8, 4) is 0 Å². The van der Waals surface area contributed by atoms with Crippen molar-refractivity contribution >= 4 is 13.7 Å². The van der Waals surface area contributed by atoms with Gasteiger partial charge in [-0.25, -0.2) is 4.57 Å². The maximum absolute atomic E-state index is 13.0. The molecule has 0 aromatic carbocycles. The Morgan fingerprint density at radius 1 is 0.429 bits per heavy atom. The molecule has 0 aromatic heterocycles. The van der Waals surface area contributed by atoms with Crippen molar-refractivity contribution in [2.24, 2.45) is 0 Å². The summed E-state index contributed by atoms with van der Waals surface area (Å²) in [7, 11) is 1.56. The van der Waals surface area contributed by atoms with Gasteiger partial charge in [0.1, 0.15) is 13.2 Å². The van der Waals surface area contributed by atoms with E-state index in [-0.39, 0.29) is 19.1 Å². The first kappa shape index (κ1) is 75.7. The molecule has 0 saturated heterocycles. The van der Waals surface area contributed by atoms with Gasteiger partial charge in [0.25, 0.3) is 0 Å². The zero-order chi connectivity index (χ0) is 56.3. The molecule has 0 aliphatic carbocycles. The number of nitrogens with zero attached hydrogens (tertiary/aromatic N) is 1. The summed E-state index contributed by atoms with van der Waals surface area (Å²) in [6.45, 7) is 4.82. The Kier molecular flexibility index (Phi) is 58.4. The average Bonchev–Trinajstić information content (AvgIpc) is 3.39. The molecule has 3 atom stereocenters. The number of likely N-dealkylation sites (N-methyl/N-ethyl adjacent to an activating group) is 1. The molecular weight excluding hydrogens is 972 g/mol. The van der Waals surface area contributed by atoms with Crippen LogP contribution in [0.5, 0.6) is 0 Å². The van der Waals surface area contributed by atoms with Crippen LogP contribution >= 0.6 is 7.82 Å². The average molecular weight is 1110 g/mol. The summed E-state index contributed by atoms with van der Waals surface area (Å²) in [5.41, 5.74) is 0. The molecule has 77 heavy (non-hydrogen) atoms.